The molecular weight excluding hydrogens is 189 g/mol. The highest BCUT2D eigenvalue weighted by Gasteiger charge is 1.91. The summed E-state index contributed by atoms with van der Waals surface area (Å²) in [6.07, 6.45) is 1.59. The molecule has 0 radical (unpaired) electrons. The molecule has 0 atom stereocenters. The molecule has 3 nitrogen and oxygen atoms in total. The van der Waals surface area contributed by atoms with Crippen molar-refractivity contribution in [2.75, 3.05) is 0 Å². The van der Waals surface area contributed by atoms with Gasteiger partial charge in [0.05, 0.1) is 5.02 Å². The van der Waals surface area contributed by atoms with E-state index in [-0.39, 0.29) is 6.47 Å². The zero-order chi connectivity index (χ0) is 8.69. The maximum atomic E-state index is 8.36. The van der Waals surface area contributed by atoms with E-state index in [0.717, 1.165) is 0 Å². The quantitative estimate of drug-likeness (QED) is 0.508. The van der Waals surface area contributed by atoms with Crippen molar-refractivity contribution >= 4 is 29.7 Å². The fraction of sp³-hybridized carbons (Fsp3) is 0. The largest absolute Gasteiger partial charge is 0.483 e. The van der Waals surface area contributed by atoms with Gasteiger partial charge >= 0.3 is 0 Å². The lowest BCUT2D eigenvalue weighted by molar-refractivity contribution is -0.122. The molecule has 5 heteroatoms. The Bertz CT molecular complexity index is 209. The topological polar surface area (TPSA) is 50.2 Å². The van der Waals surface area contributed by atoms with Gasteiger partial charge in [-0.2, -0.15) is 0 Å². The van der Waals surface area contributed by atoms with Gasteiger partial charge in [-0.3, -0.25) is 4.79 Å². The van der Waals surface area contributed by atoms with Gasteiger partial charge in [-0.1, -0.05) is 23.2 Å². The van der Waals surface area contributed by atoms with E-state index < -0.39 is 0 Å². The second-order valence-electron chi connectivity index (χ2n) is 1.38. The highest BCUT2D eigenvalue weighted by Crippen LogP contribution is 2.16. The molecule has 0 saturated heterocycles. The number of hydrogen-bond donors (Lipinski definition) is 1. The third-order valence-corrected chi connectivity index (χ3v) is 1.42. The Morgan fingerprint density at radius 3 is 2.36 bits per heavy atom. The van der Waals surface area contributed by atoms with E-state index in [9.17, 15) is 0 Å². The molecule has 0 fully saturated rings. The number of hydrogen-bond acceptors (Lipinski definition) is 2. The summed E-state index contributed by atoms with van der Waals surface area (Å²) in [5, 5.41) is 7.74. The van der Waals surface area contributed by atoms with Crippen LogP contribution in [0.2, 0.25) is 10.2 Å². The number of carbonyl (C=O) groups is 1. The standard InChI is InChI=1S/C5H3Cl2N.CH2O2/c6-4-2-1-3-8-5(4)7;2-1-3/h1-3H;1H,(H,2,3). The molecule has 11 heavy (non-hydrogen) atoms. The van der Waals surface area contributed by atoms with Crippen molar-refractivity contribution in [2.24, 2.45) is 0 Å². The first-order chi connectivity index (χ1) is 5.22. The van der Waals surface area contributed by atoms with Crippen LogP contribution in [-0.4, -0.2) is 16.6 Å². The van der Waals surface area contributed by atoms with Crippen LogP contribution >= 0.6 is 23.2 Å². The van der Waals surface area contributed by atoms with Crippen LogP contribution in [0, 0.1) is 0 Å². The molecule has 0 aliphatic carbocycles. The van der Waals surface area contributed by atoms with Gasteiger partial charge in [0.15, 0.2) is 0 Å². The second kappa shape index (κ2) is 5.95. The minimum atomic E-state index is -0.250. The molecular formula is C6H5Cl2NO2. The molecule has 1 aromatic heterocycles. The highest BCUT2D eigenvalue weighted by atomic mass is 35.5. The minimum absolute atomic E-state index is 0.250. The van der Waals surface area contributed by atoms with Gasteiger partial charge in [0.1, 0.15) is 5.15 Å². The van der Waals surface area contributed by atoms with E-state index in [2.05, 4.69) is 4.98 Å². The van der Waals surface area contributed by atoms with E-state index in [1.54, 1.807) is 18.3 Å². The number of aromatic nitrogens is 1. The van der Waals surface area contributed by atoms with Crippen molar-refractivity contribution in [3.63, 3.8) is 0 Å². The van der Waals surface area contributed by atoms with Crippen molar-refractivity contribution in [1.29, 1.82) is 0 Å². The average Bonchev–Trinajstić information content (AvgIpc) is 1.97. The van der Waals surface area contributed by atoms with E-state index >= 15 is 0 Å². The van der Waals surface area contributed by atoms with Crippen LogP contribution in [-0.2, 0) is 4.79 Å². The van der Waals surface area contributed by atoms with Crippen molar-refractivity contribution in [2.45, 2.75) is 0 Å². The molecule has 60 valence electrons. The van der Waals surface area contributed by atoms with Gasteiger partial charge in [-0.15, -0.1) is 0 Å². The number of carboxylic acid groups (broad SMARTS) is 1. The van der Waals surface area contributed by atoms with E-state index in [1.807, 2.05) is 0 Å². The predicted octanol–water partition coefficient (Wildman–Crippen LogP) is 2.09. The fourth-order valence-electron chi connectivity index (χ4n) is 0.366. The van der Waals surface area contributed by atoms with Gasteiger partial charge in [-0.25, -0.2) is 4.98 Å². The first-order valence-corrected chi connectivity index (χ1v) is 3.31. The molecule has 1 heterocycles. The van der Waals surface area contributed by atoms with Crippen LogP contribution in [0.25, 0.3) is 0 Å². The van der Waals surface area contributed by atoms with Gasteiger partial charge in [-0.05, 0) is 12.1 Å². The Balaban J connectivity index is 0.000000292. The number of halogens is 2. The van der Waals surface area contributed by atoms with Gasteiger partial charge < -0.3 is 5.11 Å². The van der Waals surface area contributed by atoms with Crippen molar-refractivity contribution in [3.8, 4) is 0 Å². The Hall–Kier alpha value is -0.800. The molecule has 0 spiro atoms. The monoisotopic (exact) mass is 193 g/mol. The van der Waals surface area contributed by atoms with Crippen LogP contribution in [0.3, 0.4) is 0 Å². The maximum absolute atomic E-state index is 8.36. The lowest BCUT2D eigenvalue weighted by Gasteiger charge is -1.87. The van der Waals surface area contributed by atoms with Crippen molar-refractivity contribution in [3.05, 3.63) is 28.5 Å². The third-order valence-electron chi connectivity index (χ3n) is 0.714. The van der Waals surface area contributed by atoms with Crippen LogP contribution < -0.4 is 0 Å². The number of rotatable bonds is 0. The summed E-state index contributed by atoms with van der Waals surface area (Å²) in [6, 6.07) is 3.42. The lowest BCUT2D eigenvalue weighted by atomic mass is 10.5. The van der Waals surface area contributed by atoms with Gasteiger partial charge in [0, 0.05) is 6.20 Å². The van der Waals surface area contributed by atoms with E-state index in [1.165, 1.54) is 0 Å². The lowest BCUT2D eigenvalue weighted by Crippen LogP contribution is -1.70. The first kappa shape index (κ1) is 10.2. The van der Waals surface area contributed by atoms with E-state index in [4.69, 9.17) is 33.1 Å². The number of pyridine rings is 1. The van der Waals surface area contributed by atoms with Crippen LogP contribution in [0.5, 0.6) is 0 Å². The van der Waals surface area contributed by atoms with Crippen LogP contribution in [0.1, 0.15) is 0 Å². The molecule has 0 unspecified atom stereocenters. The summed E-state index contributed by atoms with van der Waals surface area (Å²) in [5.41, 5.74) is 0. The van der Waals surface area contributed by atoms with Crippen molar-refractivity contribution < 1.29 is 9.90 Å². The van der Waals surface area contributed by atoms with E-state index in [0.29, 0.717) is 10.2 Å². The molecule has 1 aromatic rings. The maximum Gasteiger partial charge on any atom is 0.290 e. The molecule has 0 aliphatic rings. The van der Waals surface area contributed by atoms with Gasteiger partial charge in [0.2, 0.25) is 0 Å². The van der Waals surface area contributed by atoms with Crippen molar-refractivity contribution in [1.82, 2.24) is 4.98 Å². The minimum Gasteiger partial charge on any atom is -0.483 e. The van der Waals surface area contributed by atoms with Gasteiger partial charge in [0.25, 0.3) is 6.47 Å². The zero-order valence-electron chi connectivity index (χ0n) is 5.37. The molecule has 0 saturated carbocycles. The molecule has 1 rings (SSSR count). The van der Waals surface area contributed by atoms with Crippen LogP contribution in [0.15, 0.2) is 18.3 Å². The summed E-state index contributed by atoms with van der Waals surface area (Å²) in [7, 11) is 0. The molecule has 0 aliphatic heterocycles. The first-order valence-electron chi connectivity index (χ1n) is 2.56. The zero-order valence-corrected chi connectivity index (χ0v) is 6.88. The second-order valence-corrected chi connectivity index (χ2v) is 2.15. The Labute approximate surface area is 73.6 Å². The normalized spacial score (nSPS) is 7.82. The fourth-order valence-corrected chi connectivity index (χ4v) is 0.607. The highest BCUT2D eigenvalue weighted by molar-refractivity contribution is 6.41. The summed E-state index contributed by atoms with van der Waals surface area (Å²) in [5.74, 6) is 0. The predicted molar refractivity (Wildman–Crippen MR) is 42.9 cm³/mol. The Morgan fingerprint density at radius 2 is 2.09 bits per heavy atom. The summed E-state index contributed by atoms with van der Waals surface area (Å²) >= 11 is 11.0. The molecule has 0 amide bonds. The molecule has 1 N–H and O–H groups in total. The molecule has 0 aromatic carbocycles. The van der Waals surface area contributed by atoms with Crippen LogP contribution in [0.4, 0.5) is 0 Å². The summed E-state index contributed by atoms with van der Waals surface area (Å²) in [4.78, 5) is 12.1. The summed E-state index contributed by atoms with van der Waals surface area (Å²) in [6.45, 7) is -0.250. The SMILES string of the molecule is Clc1cccnc1Cl.O=CO. The third kappa shape index (κ3) is 4.58. The Morgan fingerprint density at radius 1 is 1.55 bits per heavy atom. The Kier molecular flexibility index (Phi) is 5.51. The summed E-state index contributed by atoms with van der Waals surface area (Å²) < 4.78 is 0. The smallest absolute Gasteiger partial charge is 0.290 e. The number of nitrogens with zero attached hydrogens (tertiary/aromatic N) is 1. The molecule has 0 bridgehead atoms. The average molecular weight is 194 g/mol.